The van der Waals surface area contributed by atoms with Crippen LogP contribution < -0.4 is 10.6 Å². The first-order chi connectivity index (χ1) is 11.2. The molecule has 1 aromatic carbocycles. The Labute approximate surface area is 141 Å². The van der Waals surface area contributed by atoms with E-state index in [9.17, 15) is 4.79 Å². The summed E-state index contributed by atoms with van der Waals surface area (Å²) in [5.74, 6) is 1.44. The summed E-state index contributed by atoms with van der Waals surface area (Å²) in [4.78, 5) is 11.6. The third-order valence-corrected chi connectivity index (χ3v) is 3.42. The Bertz CT molecular complexity index is 611. The maximum atomic E-state index is 11.6. The van der Waals surface area contributed by atoms with Gasteiger partial charge in [-0.2, -0.15) is 0 Å². The van der Waals surface area contributed by atoms with Crippen LogP contribution in [0.5, 0.6) is 0 Å². The van der Waals surface area contributed by atoms with Gasteiger partial charge in [0.15, 0.2) is 0 Å². The summed E-state index contributed by atoms with van der Waals surface area (Å²) in [5, 5.41) is 6.21. The van der Waals surface area contributed by atoms with Crippen LogP contribution in [-0.4, -0.2) is 25.8 Å². The molecule has 0 bridgehead atoms. The molecule has 0 saturated carbocycles. The standard InChI is InChI=1S/C17H21ClN2O3/c1-2-22-11-3-10-19-17(21)20-12-15-8-9-16(23-15)13-4-6-14(18)7-5-13/h4-9H,2-3,10-12H2,1H3,(H2,19,20,21). The van der Waals surface area contributed by atoms with Crippen molar-refractivity contribution < 1.29 is 13.9 Å². The van der Waals surface area contributed by atoms with Gasteiger partial charge in [-0.25, -0.2) is 4.79 Å². The van der Waals surface area contributed by atoms with Crippen molar-refractivity contribution in [1.82, 2.24) is 10.6 Å². The topological polar surface area (TPSA) is 63.5 Å². The van der Waals surface area contributed by atoms with E-state index in [2.05, 4.69) is 10.6 Å². The first kappa shape index (κ1) is 17.4. The molecule has 0 spiro atoms. The van der Waals surface area contributed by atoms with Gasteiger partial charge in [0, 0.05) is 30.3 Å². The van der Waals surface area contributed by atoms with Crippen molar-refractivity contribution in [3.63, 3.8) is 0 Å². The monoisotopic (exact) mass is 336 g/mol. The highest BCUT2D eigenvalue weighted by atomic mass is 35.5. The number of hydrogen-bond donors (Lipinski definition) is 2. The maximum absolute atomic E-state index is 11.6. The van der Waals surface area contributed by atoms with Crippen molar-refractivity contribution in [2.75, 3.05) is 19.8 Å². The number of hydrogen-bond acceptors (Lipinski definition) is 3. The molecule has 2 amide bonds. The Morgan fingerprint density at radius 3 is 2.70 bits per heavy atom. The maximum Gasteiger partial charge on any atom is 0.315 e. The second-order valence-corrected chi connectivity index (χ2v) is 5.37. The number of amides is 2. The SMILES string of the molecule is CCOCCCNC(=O)NCc1ccc(-c2ccc(Cl)cc2)o1. The summed E-state index contributed by atoms with van der Waals surface area (Å²) in [6.45, 7) is 4.22. The highest BCUT2D eigenvalue weighted by molar-refractivity contribution is 6.30. The number of nitrogens with one attached hydrogen (secondary N) is 2. The lowest BCUT2D eigenvalue weighted by Gasteiger charge is -2.06. The van der Waals surface area contributed by atoms with Gasteiger partial charge in [0.1, 0.15) is 11.5 Å². The fourth-order valence-electron chi connectivity index (χ4n) is 1.99. The van der Waals surface area contributed by atoms with E-state index in [0.29, 0.717) is 37.1 Å². The predicted octanol–water partition coefficient (Wildman–Crippen LogP) is 3.83. The van der Waals surface area contributed by atoms with Crippen LogP contribution in [0.25, 0.3) is 11.3 Å². The zero-order valence-corrected chi connectivity index (χ0v) is 13.9. The third kappa shape index (κ3) is 5.96. The fraction of sp³-hybridized carbons (Fsp3) is 0.353. The zero-order valence-electron chi connectivity index (χ0n) is 13.1. The first-order valence-corrected chi connectivity index (χ1v) is 8.01. The molecule has 0 fully saturated rings. The summed E-state index contributed by atoms with van der Waals surface area (Å²) in [7, 11) is 0. The highest BCUT2D eigenvalue weighted by Gasteiger charge is 2.06. The number of benzene rings is 1. The lowest BCUT2D eigenvalue weighted by Crippen LogP contribution is -2.35. The van der Waals surface area contributed by atoms with Gasteiger partial charge in [-0.1, -0.05) is 11.6 Å². The van der Waals surface area contributed by atoms with Crippen LogP contribution in [-0.2, 0) is 11.3 Å². The van der Waals surface area contributed by atoms with E-state index in [0.717, 1.165) is 17.7 Å². The van der Waals surface area contributed by atoms with Gasteiger partial charge in [-0.3, -0.25) is 0 Å². The summed E-state index contributed by atoms with van der Waals surface area (Å²) >= 11 is 5.87. The van der Waals surface area contributed by atoms with Crippen LogP contribution in [0.3, 0.4) is 0 Å². The number of ether oxygens (including phenoxy) is 1. The molecule has 1 aromatic heterocycles. The smallest absolute Gasteiger partial charge is 0.315 e. The molecule has 0 saturated heterocycles. The van der Waals surface area contributed by atoms with Crippen molar-refractivity contribution in [2.24, 2.45) is 0 Å². The van der Waals surface area contributed by atoms with Crippen LogP contribution in [0, 0.1) is 0 Å². The first-order valence-electron chi connectivity index (χ1n) is 7.63. The Hall–Kier alpha value is -1.98. The Morgan fingerprint density at radius 1 is 1.17 bits per heavy atom. The molecule has 124 valence electrons. The minimum absolute atomic E-state index is 0.217. The molecule has 0 aliphatic carbocycles. The van der Waals surface area contributed by atoms with Crippen molar-refractivity contribution in [3.8, 4) is 11.3 Å². The summed E-state index contributed by atoms with van der Waals surface area (Å²) < 4.78 is 10.9. The van der Waals surface area contributed by atoms with E-state index in [1.54, 1.807) is 0 Å². The quantitative estimate of drug-likeness (QED) is 0.720. The summed E-state index contributed by atoms with van der Waals surface area (Å²) in [5.41, 5.74) is 0.945. The molecule has 1 heterocycles. The third-order valence-electron chi connectivity index (χ3n) is 3.17. The Morgan fingerprint density at radius 2 is 1.96 bits per heavy atom. The van der Waals surface area contributed by atoms with Crippen molar-refractivity contribution >= 4 is 17.6 Å². The van der Waals surface area contributed by atoms with Gasteiger partial charge in [-0.05, 0) is 49.7 Å². The van der Waals surface area contributed by atoms with Crippen LogP contribution in [0.1, 0.15) is 19.1 Å². The number of halogens is 1. The van der Waals surface area contributed by atoms with Gasteiger partial charge < -0.3 is 19.8 Å². The van der Waals surface area contributed by atoms with Crippen LogP contribution in [0.15, 0.2) is 40.8 Å². The molecule has 2 N–H and O–H groups in total. The molecule has 0 atom stereocenters. The van der Waals surface area contributed by atoms with E-state index < -0.39 is 0 Å². The summed E-state index contributed by atoms with van der Waals surface area (Å²) in [6.07, 6.45) is 0.794. The van der Waals surface area contributed by atoms with Crippen molar-refractivity contribution in [1.29, 1.82) is 0 Å². The van der Waals surface area contributed by atoms with Crippen molar-refractivity contribution in [2.45, 2.75) is 19.9 Å². The number of urea groups is 1. The minimum atomic E-state index is -0.217. The van der Waals surface area contributed by atoms with Gasteiger partial charge >= 0.3 is 6.03 Å². The van der Waals surface area contributed by atoms with Crippen LogP contribution in [0.4, 0.5) is 4.79 Å². The minimum Gasteiger partial charge on any atom is -0.459 e. The fourth-order valence-corrected chi connectivity index (χ4v) is 2.12. The normalized spacial score (nSPS) is 10.5. The number of furan rings is 1. The second-order valence-electron chi connectivity index (χ2n) is 4.93. The average Bonchev–Trinajstić information content (AvgIpc) is 3.02. The van der Waals surface area contributed by atoms with Crippen LogP contribution >= 0.6 is 11.6 Å². The summed E-state index contributed by atoms with van der Waals surface area (Å²) in [6, 6.07) is 10.9. The largest absolute Gasteiger partial charge is 0.459 e. The Balaban J connectivity index is 1.74. The molecular weight excluding hydrogens is 316 g/mol. The molecule has 0 aliphatic rings. The van der Waals surface area contributed by atoms with Crippen LogP contribution in [0.2, 0.25) is 5.02 Å². The molecule has 0 aliphatic heterocycles. The van der Waals surface area contributed by atoms with E-state index >= 15 is 0 Å². The lowest BCUT2D eigenvalue weighted by molar-refractivity contribution is 0.145. The lowest BCUT2D eigenvalue weighted by atomic mass is 10.2. The predicted molar refractivity (Wildman–Crippen MR) is 90.5 cm³/mol. The van der Waals surface area contributed by atoms with Gasteiger partial charge in [0.05, 0.1) is 6.54 Å². The van der Waals surface area contributed by atoms with E-state index in [-0.39, 0.29) is 6.03 Å². The van der Waals surface area contributed by atoms with E-state index in [1.165, 1.54) is 0 Å². The molecular formula is C17H21ClN2O3. The highest BCUT2D eigenvalue weighted by Crippen LogP contribution is 2.23. The van der Waals surface area contributed by atoms with Gasteiger partial charge in [-0.15, -0.1) is 0 Å². The second kappa shape index (κ2) is 9.22. The molecule has 5 nitrogen and oxygen atoms in total. The number of carbonyl (C=O) groups is 1. The van der Waals surface area contributed by atoms with E-state index in [4.69, 9.17) is 20.8 Å². The molecule has 0 radical (unpaired) electrons. The molecule has 2 rings (SSSR count). The molecule has 6 heteroatoms. The zero-order chi connectivity index (χ0) is 16.5. The van der Waals surface area contributed by atoms with Gasteiger partial charge in [0.25, 0.3) is 0 Å². The Kier molecular flexibility index (Phi) is 6.97. The molecule has 2 aromatic rings. The average molecular weight is 337 g/mol. The number of rotatable bonds is 8. The van der Waals surface area contributed by atoms with Gasteiger partial charge in [0.2, 0.25) is 0 Å². The molecule has 0 unspecified atom stereocenters. The molecule has 23 heavy (non-hydrogen) atoms. The van der Waals surface area contributed by atoms with Crippen molar-refractivity contribution in [3.05, 3.63) is 47.2 Å². The number of carbonyl (C=O) groups excluding carboxylic acids is 1. The van der Waals surface area contributed by atoms with E-state index in [1.807, 2.05) is 43.3 Å².